The van der Waals surface area contributed by atoms with Crippen molar-refractivity contribution < 1.29 is 22.7 Å². The first-order valence-corrected chi connectivity index (χ1v) is 12.5. The van der Waals surface area contributed by atoms with Gasteiger partial charge in [0.2, 0.25) is 5.95 Å². The van der Waals surface area contributed by atoms with Crippen molar-refractivity contribution in [2.75, 3.05) is 5.32 Å². The summed E-state index contributed by atoms with van der Waals surface area (Å²) in [5.74, 6) is -1.48. The summed E-state index contributed by atoms with van der Waals surface area (Å²) in [4.78, 5) is 25.3. The number of aryl methyl sites for hydroxylation is 1. The van der Waals surface area contributed by atoms with Crippen molar-refractivity contribution in [3.05, 3.63) is 75.5 Å². The summed E-state index contributed by atoms with van der Waals surface area (Å²) in [6, 6.07) is 2.83. The highest BCUT2D eigenvalue weighted by molar-refractivity contribution is 7.14. The minimum atomic E-state index is -3.07. The van der Waals surface area contributed by atoms with Gasteiger partial charge < -0.3 is 13.9 Å². The summed E-state index contributed by atoms with van der Waals surface area (Å²) in [7, 11) is 0. The molecule has 1 aliphatic carbocycles. The second-order valence-electron chi connectivity index (χ2n) is 8.43. The van der Waals surface area contributed by atoms with Crippen LogP contribution in [0.5, 0.6) is 5.75 Å². The molecule has 0 spiro atoms. The normalized spacial score (nSPS) is 13.6. The largest absolute Gasteiger partial charge is 0.433 e. The molecule has 192 valence electrons. The van der Waals surface area contributed by atoms with Crippen LogP contribution >= 0.6 is 22.9 Å². The molecule has 1 aliphatic rings. The third kappa shape index (κ3) is 5.86. The fourth-order valence-electron chi connectivity index (χ4n) is 3.69. The number of thiazole rings is 1. The van der Waals surface area contributed by atoms with Gasteiger partial charge in [-0.1, -0.05) is 11.6 Å². The number of carbonyl (C=O) groups excluding carboxylic acids is 1. The minimum absolute atomic E-state index is 0.0389. The van der Waals surface area contributed by atoms with Crippen LogP contribution in [0.1, 0.15) is 51.9 Å². The Morgan fingerprint density at radius 3 is 2.89 bits per heavy atom. The van der Waals surface area contributed by atoms with Crippen molar-refractivity contribution in [3.8, 4) is 5.75 Å². The van der Waals surface area contributed by atoms with Gasteiger partial charge in [-0.15, -0.1) is 11.3 Å². The smallest absolute Gasteiger partial charge is 0.387 e. The number of aromatic nitrogens is 5. The highest BCUT2D eigenvalue weighted by Crippen LogP contribution is 2.38. The second-order valence-corrected chi connectivity index (χ2v) is 9.64. The number of carbonyl (C=O) groups is 1. The molecule has 13 heteroatoms. The maximum Gasteiger partial charge on any atom is 0.387 e. The first-order valence-electron chi connectivity index (χ1n) is 11.2. The molecule has 4 heterocycles. The molecule has 1 saturated carbocycles. The summed E-state index contributed by atoms with van der Waals surface area (Å²) < 4.78 is 47.1. The minimum Gasteiger partial charge on any atom is -0.433 e. The van der Waals surface area contributed by atoms with Gasteiger partial charge in [0.05, 0.1) is 12.0 Å². The Morgan fingerprint density at radius 2 is 2.14 bits per heavy atom. The van der Waals surface area contributed by atoms with Crippen molar-refractivity contribution in [2.24, 2.45) is 0 Å². The molecule has 0 unspecified atom stereocenters. The van der Waals surface area contributed by atoms with E-state index in [1.807, 2.05) is 4.57 Å². The van der Waals surface area contributed by atoms with Crippen molar-refractivity contribution in [3.63, 3.8) is 0 Å². The Balaban J connectivity index is 1.32. The Hall–Kier alpha value is -3.64. The molecule has 4 aromatic heterocycles. The average Bonchev–Trinajstić information content (AvgIpc) is 3.28. The van der Waals surface area contributed by atoms with Crippen molar-refractivity contribution >= 4 is 46.1 Å². The van der Waals surface area contributed by atoms with E-state index >= 15 is 0 Å². The van der Waals surface area contributed by atoms with Gasteiger partial charge in [-0.25, -0.2) is 15.0 Å². The van der Waals surface area contributed by atoms with Crippen LogP contribution in [0, 0.1) is 12.9 Å². The molecular formula is C24H20ClF3N6O2S. The Kier molecular flexibility index (Phi) is 7.02. The Labute approximate surface area is 218 Å². The monoisotopic (exact) mass is 548 g/mol. The summed E-state index contributed by atoms with van der Waals surface area (Å²) in [5.41, 5.74) is 2.45. The van der Waals surface area contributed by atoms with Crippen LogP contribution in [0.3, 0.4) is 0 Å². The lowest BCUT2D eigenvalue weighted by Crippen LogP contribution is -2.17. The molecule has 37 heavy (non-hydrogen) atoms. The van der Waals surface area contributed by atoms with Gasteiger partial charge in [-0.05, 0) is 49.1 Å². The molecular weight excluding hydrogens is 529 g/mol. The zero-order chi connectivity index (χ0) is 26.1. The lowest BCUT2D eigenvalue weighted by molar-refractivity contribution is -0.0498. The molecule has 1 N–H and O–H groups in total. The number of hydrogen-bond donors (Lipinski definition) is 1. The van der Waals surface area contributed by atoms with E-state index in [4.69, 9.17) is 11.6 Å². The summed E-state index contributed by atoms with van der Waals surface area (Å²) in [6.07, 6.45) is 10.00. The van der Waals surface area contributed by atoms with E-state index in [1.54, 1.807) is 30.8 Å². The Morgan fingerprint density at radius 1 is 1.32 bits per heavy atom. The quantitative estimate of drug-likeness (QED) is 0.258. The van der Waals surface area contributed by atoms with Crippen molar-refractivity contribution in [1.29, 1.82) is 0 Å². The molecule has 0 atom stereocenters. The van der Waals surface area contributed by atoms with Crippen LogP contribution in [0.2, 0.25) is 5.15 Å². The van der Waals surface area contributed by atoms with Crippen LogP contribution in [0.4, 0.5) is 18.3 Å². The second kappa shape index (κ2) is 10.4. The number of anilines is 1. The topological polar surface area (TPSA) is 86.9 Å². The van der Waals surface area contributed by atoms with E-state index in [0.717, 1.165) is 12.8 Å². The van der Waals surface area contributed by atoms with Crippen molar-refractivity contribution in [1.82, 2.24) is 24.1 Å². The zero-order valence-corrected chi connectivity index (χ0v) is 20.9. The van der Waals surface area contributed by atoms with Gasteiger partial charge in [-0.2, -0.15) is 13.2 Å². The molecule has 1 amide bonds. The summed E-state index contributed by atoms with van der Waals surface area (Å²) in [6.45, 7) is -1.29. The van der Waals surface area contributed by atoms with Crippen LogP contribution in [-0.2, 0) is 6.54 Å². The van der Waals surface area contributed by atoms with Crippen LogP contribution in [-0.4, -0.2) is 36.6 Å². The van der Waals surface area contributed by atoms with Gasteiger partial charge in [0.1, 0.15) is 22.3 Å². The van der Waals surface area contributed by atoms with E-state index in [0.29, 0.717) is 38.8 Å². The lowest BCUT2D eigenvalue weighted by atomic mass is 10.1. The number of imidazole rings is 1. The van der Waals surface area contributed by atoms with E-state index < -0.39 is 18.5 Å². The number of alkyl halides is 2. The highest BCUT2D eigenvalue weighted by atomic mass is 35.5. The van der Waals surface area contributed by atoms with E-state index in [9.17, 15) is 18.0 Å². The molecule has 0 bridgehead atoms. The molecule has 4 aromatic rings. The predicted molar refractivity (Wildman–Crippen MR) is 134 cm³/mol. The van der Waals surface area contributed by atoms with Gasteiger partial charge in [0.15, 0.2) is 5.13 Å². The maximum absolute atomic E-state index is 13.7. The van der Waals surface area contributed by atoms with Crippen LogP contribution in [0.25, 0.3) is 12.2 Å². The van der Waals surface area contributed by atoms with E-state index in [1.165, 1.54) is 40.4 Å². The number of hydrogen-bond acceptors (Lipinski definition) is 6. The van der Waals surface area contributed by atoms with Gasteiger partial charge in [-0.3, -0.25) is 10.1 Å². The average molecular weight is 549 g/mol. The van der Waals surface area contributed by atoms with E-state index in [2.05, 4.69) is 25.0 Å². The molecule has 0 aliphatic heterocycles. The predicted octanol–water partition coefficient (Wildman–Crippen LogP) is 6.04. The number of rotatable bonds is 9. The highest BCUT2D eigenvalue weighted by Gasteiger charge is 2.26. The standard InChI is InChI=1S/C24H20ClF3N6O2S/c1-13-8-29-20(26)6-14(13)9-33-10-17(36-23(27)28)7-19(33)22(35)32-24-31-15(11-37-24)2-5-18-21(25)34(12-30-18)16-3-4-16/h2,5-8,10-12,16,23H,3-4,9H2,1H3,(H,31,32,35)/b5-2+. The fraction of sp³-hybridized carbons (Fsp3) is 0.250. The molecule has 5 rings (SSSR count). The maximum atomic E-state index is 13.7. The number of pyridine rings is 1. The molecule has 0 saturated heterocycles. The molecule has 0 radical (unpaired) electrons. The fourth-order valence-corrected chi connectivity index (χ4v) is 4.65. The van der Waals surface area contributed by atoms with Gasteiger partial charge in [0.25, 0.3) is 5.91 Å². The van der Waals surface area contributed by atoms with E-state index in [-0.39, 0.29) is 18.0 Å². The number of amides is 1. The first kappa shape index (κ1) is 25.0. The van der Waals surface area contributed by atoms with Crippen molar-refractivity contribution in [2.45, 2.75) is 39.0 Å². The van der Waals surface area contributed by atoms with Gasteiger partial charge >= 0.3 is 6.61 Å². The summed E-state index contributed by atoms with van der Waals surface area (Å²) in [5, 5.41) is 5.28. The molecule has 1 fully saturated rings. The molecule has 8 nitrogen and oxygen atoms in total. The first-order chi connectivity index (χ1) is 17.8. The number of ether oxygens (including phenoxy) is 1. The van der Waals surface area contributed by atoms with Gasteiger partial charge in [0, 0.05) is 36.4 Å². The number of halogens is 4. The number of nitrogens with one attached hydrogen (secondary N) is 1. The number of nitrogens with zero attached hydrogens (tertiary/aromatic N) is 5. The zero-order valence-electron chi connectivity index (χ0n) is 19.4. The lowest BCUT2D eigenvalue weighted by Gasteiger charge is -2.10. The SMILES string of the molecule is Cc1cnc(F)cc1Cn1cc(OC(F)F)cc1C(=O)Nc1nc(/C=C/c2ncn(C3CC3)c2Cl)cs1. The third-order valence-electron chi connectivity index (χ3n) is 5.71. The van der Waals surface area contributed by atoms with Crippen LogP contribution in [0.15, 0.2) is 36.2 Å². The van der Waals surface area contributed by atoms with Crippen LogP contribution < -0.4 is 10.1 Å². The summed E-state index contributed by atoms with van der Waals surface area (Å²) >= 11 is 7.58. The Bertz CT molecular complexity index is 1480. The molecule has 0 aromatic carbocycles. The third-order valence-corrected chi connectivity index (χ3v) is 6.87.